The van der Waals surface area contributed by atoms with Crippen LogP contribution in [0.3, 0.4) is 0 Å². The summed E-state index contributed by atoms with van der Waals surface area (Å²) in [7, 11) is 2.16. The molecule has 8 nitrogen and oxygen atoms in total. The van der Waals surface area contributed by atoms with Gasteiger partial charge in [0, 0.05) is 84.4 Å². The van der Waals surface area contributed by atoms with Crippen LogP contribution in [0.4, 0.5) is 5.69 Å². The van der Waals surface area contributed by atoms with Crippen LogP contribution in [0.15, 0.2) is 89.9 Å². The van der Waals surface area contributed by atoms with Gasteiger partial charge in [-0.15, -0.1) is 0 Å². The Morgan fingerprint density at radius 2 is 1.81 bits per heavy atom. The Balaban J connectivity index is 1.16. The summed E-state index contributed by atoms with van der Waals surface area (Å²) in [6, 6.07) is 19.4. The largest absolute Gasteiger partial charge is 0.360 e. The summed E-state index contributed by atoms with van der Waals surface area (Å²) in [5.74, 6) is 0.496. The predicted octanol–water partition coefficient (Wildman–Crippen LogP) is 6.27. The van der Waals surface area contributed by atoms with E-state index in [4.69, 9.17) is 4.98 Å². The van der Waals surface area contributed by atoms with E-state index in [1.54, 1.807) is 18.6 Å². The highest BCUT2D eigenvalue weighted by Gasteiger charge is 2.18. The molecule has 0 atom stereocenters. The van der Waals surface area contributed by atoms with E-state index in [1.807, 2.05) is 73.8 Å². The molecule has 42 heavy (non-hydrogen) atoms. The van der Waals surface area contributed by atoms with Crippen LogP contribution in [-0.2, 0) is 6.54 Å². The van der Waals surface area contributed by atoms with E-state index < -0.39 is 0 Å². The summed E-state index contributed by atoms with van der Waals surface area (Å²) in [6.45, 7) is 7.17. The Morgan fingerprint density at radius 3 is 2.55 bits per heavy atom. The molecule has 0 unspecified atom stereocenters. The SMILES string of the molecule is Cc1c[nH]c(-c2ccc(NC(=O)c3ccc(CN4CCN(C)CC4)c(Br)c3)cc2)c1-c1nccc(-c2cccnc2)n1. The van der Waals surface area contributed by atoms with Gasteiger partial charge in [-0.25, -0.2) is 9.97 Å². The molecule has 9 heteroatoms. The first-order valence-corrected chi connectivity index (χ1v) is 14.8. The molecule has 1 saturated heterocycles. The van der Waals surface area contributed by atoms with Crippen LogP contribution in [0, 0.1) is 6.92 Å². The quantitative estimate of drug-likeness (QED) is 0.223. The number of carbonyl (C=O) groups excluding carboxylic acids is 1. The van der Waals surface area contributed by atoms with Crippen LogP contribution in [0.5, 0.6) is 0 Å². The lowest BCUT2D eigenvalue weighted by Crippen LogP contribution is -2.43. The molecule has 2 aromatic carbocycles. The van der Waals surface area contributed by atoms with Gasteiger partial charge in [0.05, 0.1) is 11.4 Å². The highest BCUT2D eigenvalue weighted by molar-refractivity contribution is 9.10. The smallest absolute Gasteiger partial charge is 0.255 e. The van der Waals surface area contributed by atoms with Crippen molar-refractivity contribution in [3.8, 4) is 33.9 Å². The number of pyridine rings is 1. The molecule has 212 valence electrons. The summed E-state index contributed by atoms with van der Waals surface area (Å²) in [6.07, 6.45) is 7.28. The normalized spacial score (nSPS) is 14.2. The number of amides is 1. The van der Waals surface area contributed by atoms with E-state index in [0.717, 1.165) is 76.5 Å². The zero-order valence-electron chi connectivity index (χ0n) is 23.6. The number of benzene rings is 2. The highest BCUT2D eigenvalue weighted by atomic mass is 79.9. The number of anilines is 1. The Kier molecular flexibility index (Phi) is 8.23. The molecular formula is C33H32BrN7O. The number of nitrogens with one attached hydrogen (secondary N) is 2. The third-order valence-corrected chi connectivity index (χ3v) is 8.39. The van der Waals surface area contributed by atoms with Gasteiger partial charge in [0.1, 0.15) is 0 Å². The van der Waals surface area contributed by atoms with Crippen molar-refractivity contribution < 1.29 is 4.79 Å². The fraction of sp³-hybridized carbons (Fsp3) is 0.212. The molecule has 1 aliphatic heterocycles. The van der Waals surface area contributed by atoms with Gasteiger partial charge in [0.15, 0.2) is 5.82 Å². The maximum absolute atomic E-state index is 13.1. The molecule has 1 amide bonds. The molecule has 0 aliphatic carbocycles. The summed E-state index contributed by atoms with van der Waals surface area (Å²) in [4.78, 5) is 34.9. The molecule has 0 saturated carbocycles. The maximum atomic E-state index is 13.1. The predicted molar refractivity (Wildman–Crippen MR) is 170 cm³/mol. The number of H-pyrrole nitrogens is 1. The van der Waals surface area contributed by atoms with Crippen molar-refractivity contribution in [3.63, 3.8) is 0 Å². The van der Waals surface area contributed by atoms with Crippen LogP contribution in [0.25, 0.3) is 33.9 Å². The van der Waals surface area contributed by atoms with Gasteiger partial charge in [-0.1, -0.05) is 34.1 Å². The number of aryl methyl sites for hydroxylation is 1. The van der Waals surface area contributed by atoms with Crippen molar-refractivity contribution in [3.05, 3.63) is 107 Å². The summed E-state index contributed by atoms with van der Waals surface area (Å²) >= 11 is 3.69. The Labute approximate surface area is 254 Å². The molecular weight excluding hydrogens is 590 g/mol. The first-order valence-electron chi connectivity index (χ1n) is 14.0. The second-order valence-corrected chi connectivity index (χ2v) is 11.5. The third-order valence-electron chi connectivity index (χ3n) is 7.65. The fourth-order valence-electron chi connectivity index (χ4n) is 5.18. The standard InChI is InChI=1S/C33H32BrN7O/c1-22-19-37-31(30(22)32-36-13-11-29(39-32)25-4-3-12-35-20-25)23-7-9-27(10-8-23)38-33(42)24-5-6-26(28(34)18-24)21-41-16-14-40(2)15-17-41/h3-13,18-20,37H,14-17,21H2,1-2H3,(H,38,42). The molecule has 4 heterocycles. The molecule has 3 aromatic heterocycles. The first-order chi connectivity index (χ1) is 20.4. The first kappa shape index (κ1) is 28.0. The molecule has 0 radical (unpaired) electrons. The summed E-state index contributed by atoms with van der Waals surface area (Å²) in [5, 5.41) is 3.03. The number of nitrogens with zero attached hydrogens (tertiary/aromatic N) is 5. The van der Waals surface area contributed by atoms with Gasteiger partial charge in [-0.05, 0) is 73.1 Å². The highest BCUT2D eigenvalue weighted by Crippen LogP contribution is 2.33. The van der Waals surface area contributed by atoms with Gasteiger partial charge < -0.3 is 15.2 Å². The van der Waals surface area contributed by atoms with Crippen molar-refractivity contribution in [2.24, 2.45) is 0 Å². The maximum Gasteiger partial charge on any atom is 0.255 e. The zero-order chi connectivity index (χ0) is 29.1. The van der Waals surface area contributed by atoms with E-state index in [9.17, 15) is 4.79 Å². The van der Waals surface area contributed by atoms with Crippen LogP contribution in [-0.4, -0.2) is 68.9 Å². The summed E-state index contributed by atoms with van der Waals surface area (Å²) in [5.41, 5.74) is 8.17. The number of hydrogen-bond acceptors (Lipinski definition) is 6. The minimum atomic E-state index is -0.147. The van der Waals surface area contributed by atoms with Gasteiger partial charge in [0.2, 0.25) is 0 Å². The van der Waals surface area contributed by atoms with Gasteiger partial charge in [-0.2, -0.15) is 0 Å². The molecule has 5 aromatic rings. The van der Waals surface area contributed by atoms with Crippen molar-refractivity contribution in [1.82, 2.24) is 29.7 Å². The van der Waals surface area contributed by atoms with Crippen LogP contribution in [0.1, 0.15) is 21.5 Å². The Hall–Kier alpha value is -4.18. The summed E-state index contributed by atoms with van der Waals surface area (Å²) < 4.78 is 0.953. The number of piperazine rings is 1. The lowest BCUT2D eigenvalue weighted by molar-refractivity contribution is 0.102. The molecule has 2 N–H and O–H groups in total. The van der Waals surface area contributed by atoms with E-state index in [-0.39, 0.29) is 5.91 Å². The van der Waals surface area contributed by atoms with Crippen molar-refractivity contribution in [2.75, 3.05) is 38.5 Å². The van der Waals surface area contributed by atoms with Gasteiger partial charge >= 0.3 is 0 Å². The second-order valence-electron chi connectivity index (χ2n) is 10.6. The topological polar surface area (TPSA) is 90.0 Å². The minimum Gasteiger partial charge on any atom is -0.360 e. The zero-order valence-corrected chi connectivity index (χ0v) is 25.2. The van der Waals surface area contributed by atoms with Crippen molar-refractivity contribution in [2.45, 2.75) is 13.5 Å². The number of carbonyl (C=O) groups is 1. The van der Waals surface area contributed by atoms with E-state index in [2.05, 4.69) is 53.0 Å². The molecule has 0 bridgehead atoms. The van der Waals surface area contributed by atoms with E-state index in [0.29, 0.717) is 11.4 Å². The fourth-order valence-corrected chi connectivity index (χ4v) is 5.68. The lowest BCUT2D eigenvalue weighted by Gasteiger charge is -2.32. The number of halogens is 1. The Bertz CT molecular complexity index is 1690. The van der Waals surface area contributed by atoms with Gasteiger partial charge in [0.25, 0.3) is 5.91 Å². The molecule has 0 spiro atoms. The third kappa shape index (κ3) is 6.18. The van der Waals surface area contributed by atoms with E-state index >= 15 is 0 Å². The monoisotopic (exact) mass is 621 g/mol. The molecule has 1 fully saturated rings. The molecule has 1 aliphatic rings. The second kappa shape index (κ2) is 12.4. The lowest BCUT2D eigenvalue weighted by atomic mass is 10.0. The number of aromatic amines is 1. The average Bonchev–Trinajstić information content (AvgIpc) is 3.41. The van der Waals surface area contributed by atoms with Gasteiger partial charge in [-0.3, -0.25) is 14.7 Å². The van der Waals surface area contributed by atoms with Crippen LogP contribution in [0.2, 0.25) is 0 Å². The minimum absolute atomic E-state index is 0.147. The number of aromatic nitrogens is 4. The number of hydrogen-bond donors (Lipinski definition) is 2. The number of rotatable bonds is 7. The van der Waals surface area contributed by atoms with Crippen LogP contribution >= 0.6 is 15.9 Å². The molecule has 6 rings (SSSR count). The van der Waals surface area contributed by atoms with Crippen molar-refractivity contribution in [1.29, 1.82) is 0 Å². The number of likely N-dealkylation sites (N-methyl/N-ethyl adjacent to an activating group) is 1. The Morgan fingerprint density at radius 1 is 1.00 bits per heavy atom. The van der Waals surface area contributed by atoms with Crippen LogP contribution < -0.4 is 5.32 Å². The van der Waals surface area contributed by atoms with E-state index in [1.165, 1.54) is 5.56 Å². The van der Waals surface area contributed by atoms with Crippen molar-refractivity contribution >= 4 is 27.5 Å². The average molecular weight is 623 g/mol.